The minimum atomic E-state index is -0.877. The van der Waals surface area contributed by atoms with Crippen LogP contribution in [0.5, 0.6) is 0 Å². The van der Waals surface area contributed by atoms with Crippen molar-refractivity contribution in [1.82, 2.24) is 15.1 Å². The quantitative estimate of drug-likeness (QED) is 0.596. The number of carbonyl (C=O) groups is 4. The van der Waals surface area contributed by atoms with Crippen molar-refractivity contribution in [3.8, 4) is 0 Å². The van der Waals surface area contributed by atoms with E-state index in [0.29, 0.717) is 24.4 Å². The van der Waals surface area contributed by atoms with Crippen LogP contribution in [-0.2, 0) is 14.4 Å². The maximum absolute atomic E-state index is 13.0. The first-order valence-electron chi connectivity index (χ1n) is 10.6. The summed E-state index contributed by atoms with van der Waals surface area (Å²) < 4.78 is 0.907. The summed E-state index contributed by atoms with van der Waals surface area (Å²) in [4.78, 5) is 52.6. The van der Waals surface area contributed by atoms with E-state index in [9.17, 15) is 19.2 Å². The van der Waals surface area contributed by atoms with Crippen molar-refractivity contribution >= 4 is 45.4 Å². The summed E-state index contributed by atoms with van der Waals surface area (Å²) in [5.41, 5.74) is 0.671. The van der Waals surface area contributed by atoms with Gasteiger partial charge in [-0.2, -0.15) is 0 Å². The van der Waals surface area contributed by atoms with Gasteiger partial charge in [0.2, 0.25) is 11.8 Å². The number of rotatable bonds is 6. The van der Waals surface area contributed by atoms with Crippen LogP contribution in [0.3, 0.4) is 0 Å². The van der Waals surface area contributed by atoms with Gasteiger partial charge in [-0.3, -0.25) is 19.3 Å². The number of imide groups is 1. The highest BCUT2D eigenvalue weighted by Crippen LogP contribution is 2.37. The van der Waals surface area contributed by atoms with Gasteiger partial charge in [-0.1, -0.05) is 29.3 Å². The van der Waals surface area contributed by atoms with Crippen LogP contribution in [0.15, 0.2) is 22.7 Å². The van der Waals surface area contributed by atoms with Crippen LogP contribution in [0, 0.1) is 12.8 Å². The fourth-order valence-corrected chi connectivity index (χ4v) is 4.73. The molecule has 5 amide bonds. The van der Waals surface area contributed by atoms with Crippen LogP contribution >= 0.6 is 15.9 Å². The van der Waals surface area contributed by atoms with Crippen molar-refractivity contribution < 1.29 is 19.2 Å². The molecule has 0 unspecified atom stereocenters. The van der Waals surface area contributed by atoms with E-state index in [2.05, 4.69) is 33.5 Å². The third-order valence-electron chi connectivity index (χ3n) is 6.34. The number of urea groups is 1. The molecule has 1 saturated carbocycles. The normalized spacial score (nSPS) is 23.1. The minimum absolute atomic E-state index is 0.179. The second kappa shape index (κ2) is 9.38. The van der Waals surface area contributed by atoms with E-state index in [1.54, 1.807) is 6.07 Å². The molecule has 3 rings (SSSR count). The number of carbonyl (C=O) groups excluding carboxylic acids is 4. The standard InChI is InChI=1S/C22H29BrN4O4/c1-4-15-7-9-22(10-8-15)20(30)27(21(31)25-22)13-19(29)26(3)12-18(28)24-17-6-5-16(23)11-14(17)2/h5-6,11,15H,4,7-10,12-13H2,1-3H3,(H,24,28)(H,25,31). The molecule has 0 radical (unpaired) electrons. The molecule has 2 fully saturated rings. The average Bonchev–Trinajstić information content (AvgIpc) is 2.94. The Hall–Kier alpha value is -2.42. The number of benzene rings is 1. The molecular weight excluding hydrogens is 464 g/mol. The fraction of sp³-hybridized carbons (Fsp3) is 0.545. The maximum atomic E-state index is 13.0. The smallest absolute Gasteiger partial charge is 0.325 e. The number of amides is 5. The maximum Gasteiger partial charge on any atom is 0.325 e. The molecule has 8 nitrogen and oxygen atoms in total. The number of hydrogen-bond donors (Lipinski definition) is 2. The molecule has 1 aromatic rings. The van der Waals surface area contributed by atoms with Crippen LogP contribution in [0.4, 0.5) is 10.5 Å². The largest absolute Gasteiger partial charge is 0.335 e. The van der Waals surface area contributed by atoms with Crippen LogP contribution in [0.25, 0.3) is 0 Å². The summed E-state index contributed by atoms with van der Waals surface area (Å²) in [6.07, 6.45) is 4.05. The highest BCUT2D eigenvalue weighted by Gasteiger charge is 2.52. The first-order valence-corrected chi connectivity index (χ1v) is 11.4. The minimum Gasteiger partial charge on any atom is -0.335 e. The zero-order valence-electron chi connectivity index (χ0n) is 18.2. The van der Waals surface area contributed by atoms with Gasteiger partial charge in [0.05, 0.1) is 6.54 Å². The molecule has 9 heteroatoms. The molecule has 2 aliphatic rings. The van der Waals surface area contributed by atoms with Crippen molar-refractivity contribution in [1.29, 1.82) is 0 Å². The first kappa shape index (κ1) is 23.2. The predicted molar refractivity (Wildman–Crippen MR) is 120 cm³/mol. The molecule has 0 aromatic heterocycles. The van der Waals surface area contributed by atoms with Crippen LogP contribution < -0.4 is 10.6 Å². The Morgan fingerprint density at radius 1 is 1.29 bits per heavy atom. The van der Waals surface area contributed by atoms with Gasteiger partial charge in [-0.15, -0.1) is 0 Å². The zero-order valence-corrected chi connectivity index (χ0v) is 19.8. The first-order chi connectivity index (χ1) is 14.6. The van der Waals surface area contributed by atoms with Crippen molar-refractivity contribution in [3.05, 3.63) is 28.2 Å². The van der Waals surface area contributed by atoms with Gasteiger partial charge in [0.15, 0.2) is 0 Å². The van der Waals surface area contributed by atoms with Crippen molar-refractivity contribution in [3.63, 3.8) is 0 Å². The second-order valence-electron chi connectivity index (χ2n) is 8.51. The highest BCUT2D eigenvalue weighted by molar-refractivity contribution is 9.10. The molecule has 1 aliphatic heterocycles. The third kappa shape index (κ3) is 5.08. The summed E-state index contributed by atoms with van der Waals surface area (Å²) in [6.45, 7) is 3.45. The Morgan fingerprint density at radius 3 is 2.58 bits per heavy atom. The number of nitrogens with one attached hydrogen (secondary N) is 2. The molecule has 31 heavy (non-hydrogen) atoms. The molecule has 1 heterocycles. The fourth-order valence-electron chi connectivity index (χ4n) is 4.25. The zero-order chi connectivity index (χ0) is 22.8. The Labute approximate surface area is 190 Å². The van der Waals surface area contributed by atoms with E-state index >= 15 is 0 Å². The van der Waals surface area contributed by atoms with E-state index < -0.39 is 17.5 Å². The summed E-state index contributed by atoms with van der Waals surface area (Å²) in [5.74, 6) is -0.577. The lowest BCUT2D eigenvalue weighted by Crippen LogP contribution is -2.50. The summed E-state index contributed by atoms with van der Waals surface area (Å²) in [7, 11) is 1.48. The van der Waals surface area contributed by atoms with E-state index in [-0.39, 0.29) is 24.9 Å². The molecule has 0 atom stereocenters. The molecule has 2 N–H and O–H groups in total. The van der Waals surface area contributed by atoms with Gasteiger partial charge in [-0.05, 0) is 62.3 Å². The van der Waals surface area contributed by atoms with E-state index in [0.717, 1.165) is 34.2 Å². The second-order valence-corrected chi connectivity index (χ2v) is 9.43. The van der Waals surface area contributed by atoms with Gasteiger partial charge >= 0.3 is 6.03 Å². The monoisotopic (exact) mass is 492 g/mol. The molecular formula is C22H29BrN4O4. The highest BCUT2D eigenvalue weighted by atomic mass is 79.9. The number of halogens is 1. The van der Waals surface area contributed by atoms with Crippen molar-refractivity contribution in [2.24, 2.45) is 5.92 Å². The lowest BCUT2D eigenvalue weighted by Gasteiger charge is -2.34. The SMILES string of the molecule is CCC1CCC2(CC1)NC(=O)N(CC(=O)N(C)CC(=O)Nc1ccc(Br)cc1C)C2=O. The number of hydrogen-bond acceptors (Lipinski definition) is 4. The molecule has 1 spiro atoms. The Kier molecular flexibility index (Phi) is 7.03. The molecule has 1 aliphatic carbocycles. The van der Waals surface area contributed by atoms with E-state index in [4.69, 9.17) is 0 Å². The Balaban J connectivity index is 1.56. The van der Waals surface area contributed by atoms with Gasteiger partial charge in [0.25, 0.3) is 5.91 Å². The van der Waals surface area contributed by atoms with E-state index in [1.165, 1.54) is 11.9 Å². The van der Waals surface area contributed by atoms with Crippen molar-refractivity contribution in [2.45, 2.75) is 51.5 Å². The van der Waals surface area contributed by atoms with E-state index in [1.807, 2.05) is 19.1 Å². The Bertz CT molecular complexity index is 895. The average molecular weight is 493 g/mol. The van der Waals surface area contributed by atoms with Crippen LogP contribution in [0.2, 0.25) is 0 Å². The molecule has 1 saturated heterocycles. The number of nitrogens with zero attached hydrogens (tertiary/aromatic N) is 2. The predicted octanol–water partition coefficient (Wildman–Crippen LogP) is 3.05. The van der Waals surface area contributed by atoms with Gasteiger partial charge in [0.1, 0.15) is 12.1 Å². The van der Waals surface area contributed by atoms with Gasteiger partial charge in [-0.25, -0.2) is 4.79 Å². The third-order valence-corrected chi connectivity index (χ3v) is 6.84. The molecule has 0 bridgehead atoms. The topological polar surface area (TPSA) is 98.8 Å². The number of likely N-dealkylation sites (N-methyl/N-ethyl adjacent to an activating group) is 1. The number of aryl methyl sites for hydroxylation is 1. The lowest BCUT2D eigenvalue weighted by molar-refractivity contribution is -0.140. The Morgan fingerprint density at radius 2 is 1.97 bits per heavy atom. The van der Waals surface area contributed by atoms with Crippen LogP contribution in [-0.4, -0.2) is 59.2 Å². The van der Waals surface area contributed by atoms with Gasteiger partial charge in [0, 0.05) is 17.2 Å². The van der Waals surface area contributed by atoms with Crippen molar-refractivity contribution in [2.75, 3.05) is 25.5 Å². The summed E-state index contributed by atoms with van der Waals surface area (Å²) in [5, 5.41) is 5.60. The number of anilines is 1. The molecule has 168 valence electrons. The summed E-state index contributed by atoms with van der Waals surface area (Å²) >= 11 is 3.38. The molecule has 1 aromatic carbocycles. The lowest BCUT2D eigenvalue weighted by atomic mass is 9.75. The van der Waals surface area contributed by atoms with Crippen LogP contribution in [0.1, 0.15) is 44.6 Å². The summed E-state index contributed by atoms with van der Waals surface area (Å²) in [6, 6.07) is 4.95. The van der Waals surface area contributed by atoms with Gasteiger partial charge < -0.3 is 15.5 Å².